The molecule has 0 aromatic carbocycles. The van der Waals surface area contributed by atoms with Crippen LogP contribution in [0.25, 0.3) is 0 Å². The number of hydrogen-bond donors (Lipinski definition) is 1. The van der Waals surface area contributed by atoms with E-state index in [1.54, 1.807) is 24.7 Å². The van der Waals surface area contributed by atoms with E-state index in [1.165, 1.54) is 6.26 Å². The Hall–Kier alpha value is -1.69. The fourth-order valence-electron chi connectivity index (χ4n) is 1.13. The van der Waals surface area contributed by atoms with E-state index >= 15 is 0 Å². The summed E-state index contributed by atoms with van der Waals surface area (Å²) < 4.78 is 5.65. The molecule has 0 atom stereocenters. The van der Waals surface area contributed by atoms with Crippen LogP contribution in [-0.2, 0) is 6.54 Å². The zero-order valence-corrected chi connectivity index (χ0v) is 9.77. The van der Waals surface area contributed by atoms with Crippen LogP contribution in [0, 0.1) is 0 Å². The highest BCUT2D eigenvalue weighted by Gasteiger charge is 2.12. The van der Waals surface area contributed by atoms with Crippen molar-refractivity contribution < 1.29 is 9.21 Å². The molecule has 0 aliphatic rings. The smallest absolute Gasteiger partial charge is 0.288 e. The third kappa shape index (κ3) is 2.46. The fraction of sp³-hybridized carbons (Fsp3) is 0.100. The Morgan fingerprint density at radius 3 is 3.00 bits per heavy atom. The van der Waals surface area contributed by atoms with Crippen molar-refractivity contribution in [1.82, 2.24) is 15.3 Å². The molecule has 2 rings (SSSR count). The zero-order valence-electron chi connectivity index (χ0n) is 8.18. The Morgan fingerprint density at radius 2 is 2.38 bits per heavy atom. The van der Waals surface area contributed by atoms with Gasteiger partial charge in [-0.2, -0.15) is 0 Å². The molecule has 6 heteroatoms. The second-order valence-corrected chi connectivity index (χ2v) is 3.83. The lowest BCUT2D eigenvalue weighted by molar-refractivity contribution is 0.0921. The first-order chi connectivity index (χ1) is 7.77. The molecule has 82 valence electrons. The van der Waals surface area contributed by atoms with Crippen molar-refractivity contribution in [1.29, 1.82) is 0 Å². The quantitative estimate of drug-likeness (QED) is 0.931. The highest BCUT2D eigenvalue weighted by Crippen LogP contribution is 2.17. The molecule has 0 radical (unpaired) electrons. The summed E-state index contributed by atoms with van der Waals surface area (Å²) in [5, 5.41) is 2.68. The predicted molar refractivity (Wildman–Crippen MR) is 59.6 cm³/mol. The predicted octanol–water partition coefficient (Wildman–Crippen LogP) is 1.76. The van der Waals surface area contributed by atoms with Gasteiger partial charge in [0.2, 0.25) is 5.76 Å². The van der Waals surface area contributed by atoms with Crippen LogP contribution < -0.4 is 5.32 Å². The number of nitrogens with zero attached hydrogens (tertiary/aromatic N) is 2. The second kappa shape index (κ2) is 4.89. The maximum atomic E-state index is 11.6. The van der Waals surface area contributed by atoms with Gasteiger partial charge < -0.3 is 9.73 Å². The Bertz CT molecular complexity index is 484. The van der Waals surface area contributed by atoms with Gasteiger partial charge in [-0.3, -0.25) is 14.8 Å². The molecular formula is C10H8BrN3O2. The number of furan rings is 1. The first-order valence-corrected chi connectivity index (χ1v) is 5.33. The molecule has 0 saturated carbocycles. The summed E-state index contributed by atoms with van der Waals surface area (Å²) in [6, 6.07) is 1.66. The SMILES string of the molecule is O=C(NCc1cnccn1)c1occc1Br. The molecule has 0 fully saturated rings. The van der Waals surface area contributed by atoms with E-state index in [-0.39, 0.29) is 11.7 Å². The third-order valence-electron chi connectivity index (χ3n) is 1.87. The van der Waals surface area contributed by atoms with Crippen molar-refractivity contribution in [2.45, 2.75) is 6.54 Å². The Kier molecular flexibility index (Phi) is 3.31. The molecule has 0 spiro atoms. The minimum Gasteiger partial charge on any atom is -0.458 e. The Morgan fingerprint density at radius 1 is 1.50 bits per heavy atom. The first-order valence-electron chi connectivity index (χ1n) is 4.53. The number of halogens is 1. The van der Waals surface area contributed by atoms with Crippen LogP contribution >= 0.6 is 15.9 Å². The molecule has 0 aliphatic carbocycles. The molecule has 5 nitrogen and oxygen atoms in total. The summed E-state index contributed by atoms with van der Waals surface area (Å²) in [6.45, 7) is 0.319. The maximum absolute atomic E-state index is 11.6. The van der Waals surface area contributed by atoms with E-state index in [0.29, 0.717) is 16.7 Å². The van der Waals surface area contributed by atoms with Crippen LogP contribution in [-0.4, -0.2) is 15.9 Å². The summed E-state index contributed by atoms with van der Waals surface area (Å²) >= 11 is 3.21. The number of carbonyl (C=O) groups excluding carboxylic acids is 1. The van der Waals surface area contributed by atoms with Crippen molar-refractivity contribution in [3.05, 3.63) is 46.8 Å². The molecule has 0 aliphatic heterocycles. The molecule has 0 saturated heterocycles. The normalized spacial score (nSPS) is 10.1. The van der Waals surface area contributed by atoms with Crippen molar-refractivity contribution in [2.24, 2.45) is 0 Å². The van der Waals surface area contributed by atoms with Crippen LogP contribution in [0.3, 0.4) is 0 Å². The molecule has 2 aromatic rings. The van der Waals surface area contributed by atoms with Crippen LogP contribution in [0.5, 0.6) is 0 Å². The van der Waals surface area contributed by atoms with Gasteiger partial charge in [0.25, 0.3) is 5.91 Å². The van der Waals surface area contributed by atoms with Gasteiger partial charge in [0.05, 0.1) is 29.2 Å². The lowest BCUT2D eigenvalue weighted by atomic mass is 10.4. The summed E-state index contributed by atoms with van der Waals surface area (Å²) in [6.07, 6.45) is 6.19. The van der Waals surface area contributed by atoms with Crippen molar-refractivity contribution >= 4 is 21.8 Å². The number of aromatic nitrogens is 2. The number of carbonyl (C=O) groups is 1. The van der Waals surface area contributed by atoms with E-state index in [1.807, 2.05) is 0 Å². The first kappa shape index (κ1) is 10.8. The zero-order chi connectivity index (χ0) is 11.4. The van der Waals surface area contributed by atoms with Crippen LogP contribution in [0.4, 0.5) is 0 Å². The molecular weight excluding hydrogens is 274 g/mol. The van der Waals surface area contributed by atoms with Gasteiger partial charge in [-0.15, -0.1) is 0 Å². The van der Waals surface area contributed by atoms with Crippen LogP contribution in [0.1, 0.15) is 16.2 Å². The Balaban J connectivity index is 1.97. The lowest BCUT2D eigenvalue weighted by Gasteiger charge is -2.02. The summed E-state index contributed by atoms with van der Waals surface area (Å²) in [5.41, 5.74) is 0.693. The van der Waals surface area contributed by atoms with Crippen molar-refractivity contribution in [2.75, 3.05) is 0 Å². The average Bonchev–Trinajstić information content (AvgIpc) is 2.74. The lowest BCUT2D eigenvalue weighted by Crippen LogP contribution is -2.23. The molecule has 1 N–H and O–H groups in total. The van der Waals surface area contributed by atoms with Gasteiger partial charge in [-0.1, -0.05) is 0 Å². The van der Waals surface area contributed by atoms with E-state index in [9.17, 15) is 4.79 Å². The Labute approximate surface area is 100 Å². The fourth-order valence-corrected chi connectivity index (χ4v) is 1.51. The van der Waals surface area contributed by atoms with Gasteiger partial charge in [-0.05, 0) is 22.0 Å². The topological polar surface area (TPSA) is 68.0 Å². The number of amides is 1. The van der Waals surface area contributed by atoms with Crippen LogP contribution in [0.15, 0.2) is 39.8 Å². The maximum Gasteiger partial charge on any atom is 0.288 e. The monoisotopic (exact) mass is 281 g/mol. The third-order valence-corrected chi connectivity index (χ3v) is 2.49. The molecule has 2 heterocycles. The van der Waals surface area contributed by atoms with Gasteiger partial charge >= 0.3 is 0 Å². The van der Waals surface area contributed by atoms with E-state index in [4.69, 9.17) is 4.42 Å². The van der Waals surface area contributed by atoms with Gasteiger partial charge in [-0.25, -0.2) is 0 Å². The molecule has 16 heavy (non-hydrogen) atoms. The van der Waals surface area contributed by atoms with Crippen molar-refractivity contribution in [3.63, 3.8) is 0 Å². The highest BCUT2D eigenvalue weighted by atomic mass is 79.9. The molecule has 0 bridgehead atoms. The second-order valence-electron chi connectivity index (χ2n) is 2.98. The molecule has 1 amide bonds. The molecule has 2 aromatic heterocycles. The highest BCUT2D eigenvalue weighted by molar-refractivity contribution is 9.10. The van der Waals surface area contributed by atoms with Crippen LogP contribution in [0.2, 0.25) is 0 Å². The number of hydrogen-bond acceptors (Lipinski definition) is 4. The number of nitrogens with one attached hydrogen (secondary N) is 1. The van der Waals surface area contributed by atoms with E-state index in [2.05, 4.69) is 31.2 Å². The number of rotatable bonds is 3. The van der Waals surface area contributed by atoms with E-state index < -0.39 is 0 Å². The molecule has 0 unspecified atom stereocenters. The summed E-state index contributed by atoms with van der Waals surface area (Å²) in [5.74, 6) is -0.0357. The summed E-state index contributed by atoms with van der Waals surface area (Å²) in [7, 11) is 0. The minimum atomic E-state index is -0.289. The largest absolute Gasteiger partial charge is 0.458 e. The van der Waals surface area contributed by atoms with Gasteiger partial charge in [0.1, 0.15) is 0 Å². The summed E-state index contributed by atoms with van der Waals surface area (Å²) in [4.78, 5) is 19.5. The van der Waals surface area contributed by atoms with Gasteiger partial charge in [0, 0.05) is 12.4 Å². The van der Waals surface area contributed by atoms with Gasteiger partial charge in [0.15, 0.2) is 0 Å². The standard InChI is InChI=1S/C10H8BrN3O2/c11-8-1-4-16-9(8)10(15)14-6-7-5-12-2-3-13-7/h1-5H,6H2,(H,14,15). The van der Waals surface area contributed by atoms with E-state index in [0.717, 1.165) is 0 Å². The minimum absolute atomic E-state index is 0.254. The average molecular weight is 282 g/mol. The van der Waals surface area contributed by atoms with Crippen molar-refractivity contribution in [3.8, 4) is 0 Å².